The molecule has 0 bridgehead atoms. The van der Waals surface area contributed by atoms with Crippen LogP contribution in [0.25, 0.3) is 0 Å². The summed E-state index contributed by atoms with van der Waals surface area (Å²) in [5, 5.41) is 3.47. The van der Waals surface area contributed by atoms with Crippen LogP contribution in [0.4, 0.5) is 5.69 Å². The van der Waals surface area contributed by atoms with Crippen LogP contribution in [0, 0.1) is 11.8 Å². The van der Waals surface area contributed by atoms with Gasteiger partial charge in [-0.15, -0.1) is 12.4 Å². The predicted octanol–water partition coefficient (Wildman–Crippen LogP) is 3.08. The summed E-state index contributed by atoms with van der Waals surface area (Å²) in [6.07, 6.45) is 2.99. The fourth-order valence-corrected chi connectivity index (χ4v) is 2.84. The van der Waals surface area contributed by atoms with Crippen LogP contribution < -0.4 is 15.8 Å². The molecular formula is C14H20Cl2N2O2. The number of rotatable bonds is 4. The van der Waals surface area contributed by atoms with Crippen molar-refractivity contribution in [2.45, 2.75) is 19.3 Å². The van der Waals surface area contributed by atoms with Gasteiger partial charge in [-0.05, 0) is 43.5 Å². The Morgan fingerprint density at radius 2 is 2.25 bits per heavy atom. The molecular weight excluding hydrogens is 299 g/mol. The van der Waals surface area contributed by atoms with E-state index in [0.29, 0.717) is 23.0 Å². The zero-order valence-corrected chi connectivity index (χ0v) is 13.0. The average Bonchev–Trinajstić information content (AvgIpc) is 2.87. The number of carbonyl (C=O) groups is 1. The Morgan fingerprint density at radius 1 is 1.50 bits per heavy atom. The van der Waals surface area contributed by atoms with Gasteiger partial charge in [-0.2, -0.15) is 0 Å². The van der Waals surface area contributed by atoms with Crippen LogP contribution in [-0.2, 0) is 4.79 Å². The van der Waals surface area contributed by atoms with Crippen molar-refractivity contribution < 1.29 is 9.53 Å². The van der Waals surface area contributed by atoms with E-state index in [9.17, 15) is 4.79 Å². The number of halogens is 2. The monoisotopic (exact) mass is 318 g/mol. The molecule has 1 aliphatic rings. The third-order valence-electron chi connectivity index (χ3n) is 3.72. The highest BCUT2D eigenvalue weighted by atomic mass is 35.5. The molecule has 0 spiro atoms. The van der Waals surface area contributed by atoms with Gasteiger partial charge >= 0.3 is 0 Å². The molecule has 3 N–H and O–H groups in total. The first-order valence-corrected chi connectivity index (χ1v) is 6.88. The van der Waals surface area contributed by atoms with Gasteiger partial charge in [-0.25, -0.2) is 0 Å². The number of amides is 1. The van der Waals surface area contributed by atoms with Gasteiger partial charge in [0.15, 0.2) is 0 Å². The maximum absolute atomic E-state index is 12.3. The highest BCUT2D eigenvalue weighted by Gasteiger charge is 2.32. The van der Waals surface area contributed by atoms with Crippen molar-refractivity contribution in [1.82, 2.24) is 0 Å². The first kappa shape index (κ1) is 17.1. The van der Waals surface area contributed by atoms with E-state index in [1.165, 1.54) is 0 Å². The van der Waals surface area contributed by atoms with Gasteiger partial charge in [-0.1, -0.05) is 18.0 Å². The molecule has 112 valence electrons. The van der Waals surface area contributed by atoms with Crippen molar-refractivity contribution in [3.05, 3.63) is 23.2 Å². The van der Waals surface area contributed by atoms with E-state index >= 15 is 0 Å². The zero-order valence-electron chi connectivity index (χ0n) is 11.4. The third-order valence-corrected chi connectivity index (χ3v) is 3.95. The van der Waals surface area contributed by atoms with Crippen molar-refractivity contribution >= 4 is 35.6 Å². The standard InChI is InChI=1S/C14H19ClN2O2.ClH/c1-19-13-6-5-10(15)7-12(13)17-14(18)11-4-2-3-9(11)8-16;/h5-7,9,11H,2-4,8,16H2,1H3,(H,17,18);1H/t9-,11-;/m1./s1. The average molecular weight is 319 g/mol. The number of hydrogen-bond acceptors (Lipinski definition) is 3. The van der Waals surface area contributed by atoms with E-state index in [-0.39, 0.29) is 30.2 Å². The minimum atomic E-state index is -0.00584. The van der Waals surface area contributed by atoms with Crippen LogP contribution in [0.1, 0.15) is 19.3 Å². The third kappa shape index (κ3) is 3.78. The van der Waals surface area contributed by atoms with E-state index in [1.54, 1.807) is 25.3 Å². The van der Waals surface area contributed by atoms with Gasteiger partial charge in [0.1, 0.15) is 5.75 Å². The topological polar surface area (TPSA) is 64.3 Å². The van der Waals surface area contributed by atoms with Crippen LogP contribution in [-0.4, -0.2) is 19.6 Å². The lowest BCUT2D eigenvalue weighted by Gasteiger charge is -2.18. The fraction of sp³-hybridized carbons (Fsp3) is 0.500. The summed E-state index contributed by atoms with van der Waals surface area (Å²) < 4.78 is 5.22. The largest absolute Gasteiger partial charge is 0.495 e. The van der Waals surface area contributed by atoms with E-state index in [1.807, 2.05) is 0 Å². The van der Waals surface area contributed by atoms with Gasteiger partial charge in [0.05, 0.1) is 12.8 Å². The van der Waals surface area contributed by atoms with Crippen LogP contribution in [0.15, 0.2) is 18.2 Å². The lowest BCUT2D eigenvalue weighted by Crippen LogP contribution is -2.29. The van der Waals surface area contributed by atoms with Crippen molar-refractivity contribution in [3.63, 3.8) is 0 Å². The summed E-state index contributed by atoms with van der Waals surface area (Å²) in [6, 6.07) is 5.17. The smallest absolute Gasteiger partial charge is 0.227 e. The highest BCUT2D eigenvalue weighted by Crippen LogP contribution is 2.34. The minimum absolute atomic E-state index is 0. The molecule has 1 aromatic rings. The van der Waals surface area contributed by atoms with Crippen molar-refractivity contribution in [2.75, 3.05) is 19.0 Å². The number of methoxy groups -OCH3 is 1. The molecule has 1 aromatic carbocycles. The summed E-state index contributed by atoms with van der Waals surface area (Å²) in [5.74, 6) is 0.896. The lowest BCUT2D eigenvalue weighted by molar-refractivity contribution is -0.120. The normalized spacial score (nSPS) is 21.1. The van der Waals surface area contributed by atoms with Gasteiger partial charge in [0, 0.05) is 10.9 Å². The molecule has 2 atom stereocenters. The Labute approximate surface area is 130 Å². The lowest BCUT2D eigenvalue weighted by atomic mass is 9.95. The highest BCUT2D eigenvalue weighted by molar-refractivity contribution is 6.31. The number of nitrogens with one attached hydrogen (secondary N) is 1. The molecule has 4 nitrogen and oxygen atoms in total. The maximum atomic E-state index is 12.3. The van der Waals surface area contributed by atoms with Gasteiger partial charge in [0.2, 0.25) is 5.91 Å². The summed E-state index contributed by atoms with van der Waals surface area (Å²) in [7, 11) is 1.57. The van der Waals surface area contributed by atoms with Crippen molar-refractivity contribution in [2.24, 2.45) is 17.6 Å². The number of anilines is 1. The van der Waals surface area contributed by atoms with Crippen LogP contribution >= 0.6 is 24.0 Å². The number of nitrogens with two attached hydrogens (primary N) is 1. The first-order chi connectivity index (χ1) is 9.15. The molecule has 0 unspecified atom stereocenters. The molecule has 0 radical (unpaired) electrons. The molecule has 2 rings (SSSR count). The molecule has 0 saturated heterocycles. The van der Waals surface area contributed by atoms with Crippen molar-refractivity contribution in [1.29, 1.82) is 0 Å². The first-order valence-electron chi connectivity index (χ1n) is 6.50. The number of carbonyl (C=O) groups excluding carboxylic acids is 1. The van der Waals surface area contributed by atoms with E-state index in [0.717, 1.165) is 19.3 Å². The molecule has 1 fully saturated rings. The molecule has 6 heteroatoms. The van der Waals surface area contributed by atoms with Gasteiger partial charge < -0.3 is 15.8 Å². The number of benzene rings is 1. The van der Waals surface area contributed by atoms with Crippen LogP contribution in [0.5, 0.6) is 5.75 Å². The quantitative estimate of drug-likeness (QED) is 0.896. The summed E-state index contributed by atoms with van der Waals surface area (Å²) in [6.45, 7) is 0.560. The Morgan fingerprint density at radius 3 is 2.90 bits per heavy atom. The molecule has 1 aliphatic carbocycles. The zero-order chi connectivity index (χ0) is 13.8. The summed E-state index contributed by atoms with van der Waals surface area (Å²) in [4.78, 5) is 12.3. The maximum Gasteiger partial charge on any atom is 0.227 e. The molecule has 20 heavy (non-hydrogen) atoms. The van der Waals surface area contributed by atoms with E-state index < -0.39 is 0 Å². The summed E-state index contributed by atoms with van der Waals surface area (Å²) >= 11 is 5.95. The summed E-state index contributed by atoms with van der Waals surface area (Å²) in [5.41, 5.74) is 6.32. The van der Waals surface area contributed by atoms with Gasteiger partial charge in [0.25, 0.3) is 0 Å². The van der Waals surface area contributed by atoms with E-state index in [2.05, 4.69) is 5.32 Å². The second-order valence-electron chi connectivity index (χ2n) is 4.87. The molecule has 0 aromatic heterocycles. The predicted molar refractivity (Wildman–Crippen MR) is 83.8 cm³/mol. The fourth-order valence-electron chi connectivity index (χ4n) is 2.67. The molecule has 1 amide bonds. The Kier molecular flexibility index (Phi) is 6.59. The molecule has 1 saturated carbocycles. The molecule has 0 heterocycles. The minimum Gasteiger partial charge on any atom is -0.495 e. The van der Waals surface area contributed by atoms with Gasteiger partial charge in [-0.3, -0.25) is 4.79 Å². The molecule has 0 aliphatic heterocycles. The SMILES string of the molecule is COc1ccc(Cl)cc1NC(=O)[C@@H]1CCC[C@@H]1CN.Cl. The second kappa shape index (κ2) is 7.72. The Balaban J connectivity index is 0.00000200. The Hall–Kier alpha value is -0.970. The Bertz CT molecular complexity index is 468. The van der Waals surface area contributed by atoms with Crippen LogP contribution in [0.2, 0.25) is 5.02 Å². The van der Waals surface area contributed by atoms with Crippen molar-refractivity contribution in [3.8, 4) is 5.75 Å². The van der Waals surface area contributed by atoms with Crippen LogP contribution in [0.3, 0.4) is 0 Å². The second-order valence-corrected chi connectivity index (χ2v) is 5.30. The number of hydrogen-bond donors (Lipinski definition) is 2. The van der Waals surface area contributed by atoms with E-state index in [4.69, 9.17) is 22.1 Å². The number of ether oxygens (including phenoxy) is 1.